The molecule has 0 fully saturated rings. The molecule has 0 aliphatic rings. The van der Waals surface area contributed by atoms with E-state index in [1.165, 1.54) is 11.8 Å². The normalized spacial score (nSPS) is 10.9. The number of amides is 1. The van der Waals surface area contributed by atoms with Crippen LogP contribution in [-0.4, -0.2) is 52.7 Å². The number of carbonyl (C=O) groups excluding carboxylic acids is 1. The van der Waals surface area contributed by atoms with Crippen LogP contribution in [0.3, 0.4) is 0 Å². The van der Waals surface area contributed by atoms with Crippen LogP contribution in [0, 0.1) is 0 Å². The maximum absolute atomic E-state index is 12.8. The Morgan fingerprint density at radius 3 is 2.46 bits per heavy atom. The van der Waals surface area contributed by atoms with Gasteiger partial charge in [0, 0.05) is 34.4 Å². The van der Waals surface area contributed by atoms with Gasteiger partial charge < -0.3 is 24.5 Å². The van der Waals surface area contributed by atoms with Crippen molar-refractivity contribution >= 4 is 34.3 Å². The van der Waals surface area contributed by atoms with E-state index in [-0.39, 0.29) is 11.7 Å². The highest BCUT2D eigenvalue weighted by Gasteiger charge is 2.22. The Morgan fingerprint density at radius 1 is 0.946 bits per heavy atom. The van der Waals surface area contributed by atoms with Gasteiger partial charge in [-0.3, -0.25) is 9.36 Å². The Labute approximate surface area is 217 Å². The topological polar surface area (TPSA) is 103 Å². The molecule has 0 saturated heterocycles. The molecule has 2 N–H and O–H groups in total. The molecule has 10 heteroatoms. The van der Waals surface area contributed by atoms with Crippen molar-refractivity contribution < 1.29 is 19.0 Å². The first-order chi connectivity index (χ1) is 18.1. The van der Waals surface area contributed by atoms with Crippen LogP contribution in [0.15, 0.2) is 78.1 Å². The smallest absolute Gasteiger partial charge is 0.234 e. The van der Waals surface area contributed by atoms with Gasteiger partial charge in [-0.25, -0.2) is 0 Å². The number of carbonyl (C=O) groups is 1. The van der Waals surface area contributed by atoms with Crippen LogP contribution in [-0.2, 0) is 4.79 Å². The molecule has 188 valence electrons. The second-order valence-corrected chi connectivity index (χ2v) is 8.94. The van der Waals surface area contributed by atoms with Gasteiger partial charge in [-0.2, -0.15) is 0 Å². The molecule has 0 bridgehead atoms. The number of nitrogens with one attached hydrogen (secondary N) is 2. The maximum atomic E-state index is 12.8. The lowest BCUT2D eigenvalue weighted by atomic mass is 10.1. The molecule has 3 aromatic carbocycles. The summed E-state index contributed by atoms with van der Waals surface area (Å²) in [5.74, 6) is 2.56. The summed E-state index contributed by atoms with van der Waals surface area (Å²) in [6, 6.07) is 20.7. The molecule has 0 unspecified atom stereocenters. The molecule has 0 spiro atoms. The zero-order chi connectivity index (χ0) is 25.8. The van der Waals surface area contributed by atoms with Gasteiger partial charge in [0.25, 0.3) is 0 Å². The third-order valence-corrected chi connectivity index (χ3v) is 6.73. The molecule has 0 aliphatic heterocycles. The summed E-state index contributed by atoms with van der Waals surface area (Å²) in [6.07, 6.45) is 1.91. The maximum Gasteiger partial charge on any atom is 0.234 e. The third kappa shape index (κ3) is 4.96. The van der Waals surface area contributed by atoms with Crippen molar-refractivity contribution in [1.29, 1.82) is 0 Å². The number of hydrogen-bond acceptors (Lipinski definition) is 7. The quantitative estimate of drug-likeness (QED) is 0.261. The number of nitrogens with zero attached hydrogens (tertiary/aromatic N) is 3. The Balaban J connectivity index is 1.51. The predicted octanol–water partition coefficient (Wildman–Crippen LogP) is 5.17. The fraction of sp³-hybridized carbons (Fsp3) is 0.148. The number of benzene rings is 3. The summed E-state index contributed by atoms with van der Waals surface area (Å²) >= 11 is 1.28. The van der Waals surface area contributed by atoms with E-state index in [2.05, 4.69) is 20.5 Å². The number of methoxy groups -OCH3 is 3. The lowest BCUT2D eigenvalue weighted by Crippen LogP contribution is -2.14. The Kier molecular flexibility index (Phi) is 7.00. The minimum Gasteiger partial charge on any atom is -0.497 e. The largest absolute Gasteiger partial charge is 0.497 e. The van der Waals surface area contributed by atoms with Crippen LogP contribution in [0.1, 0.15) is 0 Å². The highest BCUT2D eigenvalue weighted by molar-refractivity contribution is 7.99. The standard InChI is InChI=1S/C27H25N5O4S/c1-34-18-10-8-17(9-11-18)29-25(33)16-37-27-31-30-26(21-15-28-22-7-5-4-6-20(21)22)32(27)23-14-19(35-2)12-13-24(23)36-3/h4-15,28H,16H2,1-3H3,(H,29,33). The van der Waals surface area contributed by atoms with Crippen LogP contribution in [0.25, 0.3) is 28.0 Å². The van der Waals surface area contributed by atoms with Gasteiger partial charge in [-0.05, 0) is 42.5 Å². The van der Waals surface area contributed by atoms with Crippen LogP contribution >= 0.6 is 11.8 Å². The van der Waals surface area contributed by atoms with Crippen molar-refractivity contribution in [3.05, 3.63) is 72.9 Å². The molecule has 1 amide bonds. The number of anilines is 1. The number of aromatic nitrogens is 4. The summed E-state index contributed by atoms with van der Waals surface area (Å²) in [7, 11) is 4.82. The first-order valence-corrected chi connectivity index (χ1v) is 12.4. The van der Waals surface area contributed by atoms with Gasteiger partial charge in [-0.15, -0.1) is 10.2 Å². The fourth-order valence-electron chi connectivity index (χ4n) is 3.98. The van der Waals surface area contributed by atoms with Gasteiger partial charge in [-0.1, -0.05) is 30.0 Å². The van der Waals surface area contributed by atoms with E-state index in [1.807, 2.05) is 53.2 Å². The molecule has 0 atom stereocenters. The molecule has 5 aromatic rings. The summed E-state index contributed by atoms with van der Waals surface area (Å²) in [5, 5.41) is 13.4. The lowest BCUT2D eigenvalue weighted by Gasteiger charge is -2.15. The Morgan fingerprint density at radius 2 is 1.70 bits per heavy atom. The number of thioether (sulfide) groups is 1. The number of aromatic amines is 1. The van der Waals surface area contributed by atoms with E-state index in [1.54, 1.807) is 45.6 Å². The van der Waals surface area contributed by atoms with E-state index in [9.17, 15) is 4.79 Å². The van der Waals surface area contributed by atoms with Gasteiger partial charge in [0.1, 0.15) is 17.2 Å². The SMILES string of the molecule is COc1ccc(NC(=O)CSc2nnc(-c3c[nH]c4ccccc34)n2-c2cc(OC)ccc2OC)cc1. The second-order valence-electron chi connectivity index (χ2n) is 7.99. The molecule has 0 aliphatic carbocycles. The number of para-hydroxylation sites is 1. The monoisotopic (exact) mass is 515 g/mol. The van der Waals surface area contributed by atoms with Crippen LogP contribution in [0.4, 0.5) is 5.69 Å². The first kappa shape index (κ1) is 24.3. The molecule has 0 saturated carbocycles. The summed E-state index contributed by atoms with van der Waals surface area (Å²) in [6.45, 7) is 0. The zero-order valence-corrected chi connectivity index (χ0v) is 21.3. The van der Waals surface area contributed by atoms with Crippen molar-refractivity contribution in [2.75, 3.05) is 32.4 Å². The van der Waals surface area contributed by atoms with Crippen LogP contribution < -0.4 is 19.5 Å². The average molecular weight is 516 g/mol. The molecular formula is C27H25N5O4S. The number of fused-ring (bicyclic) bond motifs is 1. The minimum atomic E-state index is -0.170. The average Bonchev–Trinajstić information content (AvgIpc) is 3.56. The number of rotatable bonds is 9. The molecule has 0 radical (unpaired) electrons. The number of hydrogen-bond donors (Lipinski definition) is 2. The summed E-state index contributed by atoms with van der Waals surface area (Å²) < 4.78 is 18.2. The van der Waals surface area contributed by atoms with E-state index < -0.39 is 0 Å². The van der Waals surface area contributed by atoms with Crippen LogP contribution in [0.2, 0.25) is 0 Å². The minimum absolute atomic E-state index is 0.129. The number of H-pyrrole nitrogens is 1. The molecule has 2 heterocycles. The predicted molar refractivity (Wildman–Crippen MR) is 144 cm³/mol. The molecule has 5 rings (SSSR count). The summed E-state index contributed by atoms with van der Waals surface area (Å²) in [4.78, 5) is 16.0. The summed E-state index contributed by atoms with van der Waals surface area (Å²) in [5.41, 5.74) is 3.24. The molecular weight excluding hydrogens is 490 g/mol. The van der Waals surface area contributed by atoms with Crippen LogP contribution in [0.5, 0.6) is 17.2 Å². The van der Waals surface area contributed by atoms with E-state index in [0.717, 1.165) is 22.2 Å². The highest BCUT2D eigenvalue weighted by Crippen LogP contribution is 2.37. The van der Waals surface area contributed by atoms with Gasteiger partial charge in [0.2, 0.25) is 5.91 Å². The Bertz CT molecular complexity index is 1540. The lowest BCUT2D eigenvalue weighted by molar-refractivity contribution is -0.113. The van der Waals surface area contributed by atoms with E-state index in [4.69, 9.17) is 14.2 Å². The number of ether oxygens (including phenoxy) is 3. The second kappa shape index (κ2) is 10.7. The van der Waals surface area contributed by atoms with Gasteiger partial charge in [0.05, 0.1) is 32.8 Å². The third-order valence-electron chi connectivity index (χ3n) is 5.80. The van der Waals surface area contributed by atoms with Crippen molar-refractivity contribution in [1.82, 2.24) is 19.7 Å². The van der Waals surface area contributed by atoms with E-state index >= 15 is 0 Å². The Hall–Kier alpha value is -4.44. The fourth-order valence-corrected chi connectivity index (χ4v) is 4.73. The molecule has 2 aromatic heterocycles. The van der Waals surface area contributed by atoms with Gasteiger partial charge >= 0.3 is 0 Å². The van der Waals surface area contributed by atoms with Crippen molar-refractivity contribution in [3.63, 3.8) is 0 Å². The van der Waals surface area contributed by atoms with Gasteiger partial charge in [0.15, 0.2) is 11.0 Å². The zero-order valence-electron chi connectivity index (χ0n) is 20.5. The van der Waals surface area contributed by atoms with E-state index in [0.29, 0.717) is 33.9 Å². The first-order valence-electron chi connectivity index (χ1n) is 11.4. The highest BCUT2D eigenvalue weighted by atomic mass is 32.2. The van der Waals surface area contributed by atoms with Crippen molar-refractivity contribution in [2.24, 2.45) is 0 Å². The molecule has 37 heavy (non-hydrogen) atoms. The van der Waals surface area contributed by atoms with Crippen molar-refractivity contribution in [3.8, 4) is 34.3 Å². The van der Waals surface area contributed by atoms with Crippen molar-refractivity contribution in [2.45, 2.75) is 5.16 Å². The molecule has 9 nitrogen and oxygen atoms in total.